The van der Waals surface area contributed by atoms with Crippen molar-refractivity contribution in [1.29, 1.82) is 0 Å². The quantitative estimate of drug-likeness (QED) is 0.807. The van der Waals surface area contributed by atoms with Gasteiger partial charge in [0, 0.05) is 13.6 Å². The zero-order chi connectivity index (χ0) is 15.5. The molecular weight excluding hydrogens is 332 g/mol. The molecule has 0 fully saturated rings. The minimum Gasteiger partial charge on any atom is -0.492 e. The van der Waals surface area contributed by atoms with Crippen molar-refractivity contribution in [2.45, 2.75) is 11.1 Å². The van der Waals surface area contributed by atoms with Crippen LogP contribution in [0.5, 0.6) is 5.75 Å². The first-order chi connectivity index (χ1) is 9.89. The molecule has 1 aromatic heterocycles. The van der Waals surface area contributed by atoms with Crippen LogP contribution in [0, 0.1) is 6.92 Å². The Bertz CT molecular complexity index is 698. The second-order valence-electron chi connectivity index (χ2n) is 4.42. The minimum absolute atomic E-state index is 0.130. The van der Waals surface area contributed by atoms with Crippen LogP contribution in [-0.2, 0) is 10.0 Å². The SMILES string of the molecule is Cc1ccc(OCCN(C)S(=O)(=O)c2cnc(Cl)s2)cc1. The highest BCUT2D eigenvalue weighted by atomic mass is 35.5. The maximum Gasteiger partial charge on any atom is 0.254 e. The average molecular weight is 347 g/mol. The van der Waals surface area contributed by atoms with Gasteiger partial charge in [0.1, 0.15) is 12.4 Å². The van der Waals surface area contributed by atoms with E-state index >= 15 is 0 Å². The predicted octanol–water partition coefficient (Wildman–Crippen LogP) is 2.80. The van der Waals surface area contributed by atoms with E-state index in [1.165, 1.54) is 17.5 Å². The predicted molar refractivity (Wildman–Crippen MR) is 83.6 cm³/mol. The Labute approximate surface area is 133 Å². The summed E-state index contributed by atoms with van der Waals surface area (Å²) in [6.07, 6.45) is 1.26. The smallest absolute Gasteiger partial charge is 0.254 e. The third-order valence-corrected chi connectivity index (χ3v) is 6.23. The molecule has 0 aliphatic rings. The average Bonchev–Trinajstić information content (AvgIpc) is 2.88. The Morgan fingerprint density at radius 3 is 2.57 bits per heavy atom. The number of hydrogen-bond donors (Lipinski definition) is 0. The summed E-state index contributed by atoms with van der Waals surface area (Å²) >= 11 is 6.61. The molecule has 114 valence electrons. The number of nitrogens with zero attached hydrogens (tertiary/aromatic N) is 2. The lowest BCUT2D eigenvalue weighted by molar-refractivity contribution is 0.287. The molecule has 0 spiro atoms. The Hall–Kier alpha value is -1.15. The zero-order valence-electron chi connectivity index (χ0n) is 11.6. The van der Waals surface area contributed by atoms with Gasteiger partial charge in [0.15, 0.2) is 8.68 Å². The van der Waals surface area contributed by atoms with Crippen molar-refractivity contribution >= 4 is 33.0 Å². The first kappa shape index (κ1) is 16.2. The summed E-state index contributed by atoms with van der Waals surface area (Å²) in [6, 6.07) is 7.59. The van der Waals surface area contributed by atoms with Crippen LogP contribution in [0.4, 0.5) is 0 Å². The van der Waals surface area contributed by atoms with E-state index < -0.39 is 10.0 Å². The van der Waals surface area contributed by atoms with Crippen molar-refractivity contribution in [2.75, 3.05) is 20.2 Å². The van der Waals surface area contributed by atoms with Gasteiger partial charge in [0.05, 0.1) is 6.20 Å². The molecule has 0 amide bonds. The number of ether oxygens (including phenoxy) is 1. The summed E-state index contributed by atoms with van der Waals surface area (Å²) in [5.41, 5.74) is 1.14. The Morgan fingerprint density at radius 2 is 2.00 bits per heavy atom. The second-order valence-corrected chi connectivity index (χ2v) is 8.30. The van der Waals surface area contributed by atoms with Crippen LogP contribution in [0.3, 0.4) is 0 Å². The van der Waals surface area contributed by atoms with Crippen LogP contribution >= 0.6 is 22.9 Å². The molecule has 0 saturated heterocycles. The summed E-state index contributed by atoms with van der Waals surface area (Å²) in [5, 5.41) is 0. The van der Waals surface area contributed by atoms with Crippen LogP contribution in [0.15, 0.2) is 34.7 Å². The van der Waals surface area contributed by atoms with Crippen molar-refractivity contribution in [3.8, 4) is 5.75 Å². The summed E-state index contributed by atoms with van der Waals surface area (Å²) in [5.74, 6) is 0.715. The Balaban J connectivity index is 1.92. The molecule has 8 heteroatoms. The van der Waals surface area contributed by atoms with E-state index in [0.717, 1.165) is 16.9 Å². The fourth-order valence-corrected chi connectivity index (χ4v) is 4.22. The van der Waals surface area contributed by atoms with Gasteiger partial charge in [-0.1, -0.05) is 40.6 Å². The van der Waals surface area contributed by atoms with Crippen LogP contribution < -0.4 is 4.74 Å². The number of aryl methyl sites for hydroxylation is 1. The Morgan fingerprint density at radius 1 is 1.33 bits per heavy atom. The summed E-state index contributed by atoms with van der Waals surface area (Å²) < 4.78 is 31.5. The molecule has 1 aromatic carbocycles. The van der Waals surface area contributed by atoms with E-state index in [-0.39, 0.29) is 21.8 Å². The second kappa shape index (κ2) is 6.74. The van der Waals surface area contributed by atoms with Gasteiger partial charge in [0.2, 0.25) is 0 Å². The third-order valence-electron chi connectivity index (χ3n) is 2.82. The fraction of sp³-hybridized carbons (Fsp3) is 0.308. The molecule has 2 aromatic rings. The number of sulfonamides is 1. The molecule has 5 nitrogen and oxygen atoms in total. The molecule has 1 heterocycles. The fourth-order valence-electron chi connectivity index (χ4n) is 1.56. The lowest BCUT2D eigenvalue weighted by Crippen LogP contribution is -2.30. The molecule has 0 radical (unpaired) electrons. The molecule has 0 aliphatic heterocycles. The van der Waals surface area contributed by atoms with E-state index in [0.29, 0.717) is 5.75 Å². The number of halogens is 1. The number of benzene rings is 1. The molecule has 0 N–H and O–H groups in total. The van der Waals surface area contributed by atoms with Gasteiger partial charge in [-0.15, -0.1) is 0 Å². The third kappa shape index (κ3) is 4.16. The lowest BCUT2D eigenvalue weighted by Gasteiger charge is -2.16. The van der Waals surface area contributed by atoms with Gasteiger partial charge in [-0.2, -0.15) is 4.31 Å². The highest BCUT2D eigenvalue weighted by Crippen LogP contribution is 2.24. The van der Waals surface area contributed by atoms with Crippen molar-refractivity contribution in [3.05, 3.63) is 40.5 Å². The molecule has 0 atom stereocenters. The Kier molecular flexibility index (Phi) is 5.21. The number of aromatic nitrogens is 1. The van der Waals surface area contributed by atoms with Gasteiger partial charge in [-0.05, 0) is 19.1 Å². The minimum atomic E-state index is -3.55. The van der Waals surface area contributed by atoms with E-state index in [9.17, 15) is 8.42 Å². The van der Waals surface area contributed by atoms with Gasteiger partial charge in [0.25, 0.3) is 10.0 Å². The normalized spacial score (nSPS) is 11.8. The van der Waals surface area contributed by atoms with Crippen molar-refractivity contribution in [3.63, 3.8) is 0 Å². The standard InChI is InChI=1S/C13H15ClN2O3S2/c1-10-3-5-11(6-4-10)19-8-7-16(2)21(17,18)12-9-15-13(14)20-12/h3-6,9H,7-8H2,1-2H3. The van der Waals surface area contributed by atoms with Crippen LogP contribution in [0.1, 0.15) is 5.56 Å². The van der Waals surface area contributed by atoms with Gasteiger partial charge < -0.3 is 4.74 Å². The monoisotopic (exact) mass is 346 g/mol. The molecule has 0 aliphatic carbocycles. The number of thiazole rings is 1. The molecule has 0 unspecified atom stereocenters. The van der Waals surface area contributed by atoms with E-state index in [2.05, 4.69) is 4.98 Å². The van der Waals surface area contributed by atoms with Crippen LogP contribution in [0.2, 0.25) is 4.47 Å². The van der Waals surface area contributed by atoms with Crippen molar-refractivity contribution < 1.29 is 13.2 Å². The van der Waals surface area contributed by atoms with Gasteiger partial charge >= 0.3 is 0 Å². The maximum atomic E-state index is 12.2. The summed E-state index contributed by atoms with van der Waals surface area (Å²) in [7, 11) is -2.05. The van der Waals surface area contributed by atoms with Crippen molar-refractivity contribution in [1.82, 2.24) is 9.29 Å². The zero-order valence-corrected chi connectivity index (χ0v) is 14.0. The topological polar surface area (TPSA) is 59.5 Å². The van der Waals surface area contributed by atoms with Crippen LogP contribution in [-0.4, -0.2) is 37.9 Å². The molecular formula is C13H15ClN2O3S2. The lowest BCUT2D eigenvalue weighted by atomic mass is 10.2. The largest absolute Gasteiger partial charge is 0.492 e. The molecule has 21 heavy (non-hydrogen) atoms. The van der Waals surface area contributed by atoms with Gasteiger partial charge in [-0.3, -0.25) is 0 Å². The number of hydrogen-bond acceptors (Lipinski definition) is 5. The first-order valence-corrected chi connectivity index (χ1v) is 8.80. The first-order valence-electron chi connectivity index (χ1n) is 6.17. The van der Waals surface area contributed by atoms with E-state index in [1.807, 2.05) is 31.2 Å². The molecule has 0 saturated carbocycles. The summed E-state index contributed by atoms with van der Waals surface area (Å²) in [6.45, 7) is 2.50. The van der Waals surface area contributed by atoms with Crippen molar-refractivity contribution in [2.24, 2.45) is 0 Å². The van der Waals surface area contributed by atoms with Gasteiger partial charge in [-0.25, -0.2) is 13.4 Å². The number of rotatable bonds is 6. The van der Waals surface area contributed by atoms with E-state index in [1.54, 1.807) is 0 Å². The maximum absolute atomic E-state index is 12.2. The van der Waals surface area contributed by atoms with Crippen LogP contribution in [0.25, 0.3) is 0 Å². The molecule has 2 rings (SSSR count). The number of likely N-dealkylation sites (N-methyl/N-ethyl adjacent to an activating group) is 1. The summed E-state index contributed by atoms with van der Waals surface area (Å²) in [4.78, 5) is 3.75. The highest BCUT2D eigenvalue weighted by Gasteiger charge is 2.23. The highest BCUT2D eigenvalue weighted by molar-refractivity contribution is 7.91. The molecule has 0 bridgehead atoms. The van der Waals surface area contributed by atoms with E-state index in [4.69, 9.17) is 16.3 Å².